The molecule has 0 aliphatic carbocycles. The zero-order valence-electron chi connectivity index (χ0n) is 11.9. The van der Waals surface area contributed by atoms with Gasteiger partial charge in [-0.1, -0.05) is 30.3 Å². The molecule has 2 aromatic carbocycles. The second-order valence-corrected chi connectivity index (χ2v) is 5.20. The third-order valence-corrected chi connectivity index (χ3v) is 3.23. The van der Waals surface area contributed by atoms with Gasteiger partial charge in [0.1, 0.15) is 12.4 Å². The molecule has 1 N–H and O–H groups in total. The first-order chi connectivity index (χ1) is 10.2. The Morgan fingerprint density at radius 2 is 2.00 bits per heavy atom. The number of nitrogens with zero attached hydrogens (tertiary/aromatic N) is 2. The molecule has 0 saturated carbocycles. The topological polar surface area (TPSA) is 47.3 Å². The summed E-state index contributed by atoms with van der Waals surface area (Å²) in [4.78, 5) is 0. The molecule has 0 saturated heterocycles. The summed E-state index contributed by atoms with van der Waals surface area (Å²) in [7, 11) is 0. The summed E-state index contributed by atoms with van der Waals surface area (Å²) in [6.45, 7) is 2.79. The molecular weight excluding hydrogens is 264 g/mol. The monoisotopic (exact) mass is 282 g/mol. The number of aliphatic hydroxyl groups is 1. The first-order valence-corrected chi connectivity index (χ1v) is 7.03. The van der Waals surface area contributed by atoms with E-state index in [9.17, 15) is 5.11 Å². The Balaban J connectivity index is 1.74. The number of ether oxygens (including phenoxy) is 1. The Bertz CT molecular complexity index is 720. The molecular formula is C17H18N2O2. The van der Waals surface area contributed by atoms with Crippen molar-refractivity contribution in [2.45, 2.75) is 26.2 Å². The fraction of sp³-hybridized carbons (Fsp3) is 0.235. The number of hydrogen-bond donors (Lipinski definition) is 1. The van der Waals surface area contributed by atoms with Crippen LogP contribution in [0, 0.1) is 0 Å². The number of hydrogen-bond acceptors (Lipinski definition) is 3. The smallest absolute Gasteiger partial charge is 0.122 e. The Morgan fingerprint density at radius 3 is 2.76 bits per heavy atom. The highest BCUT2D eigenvalue weighted by Gasteiger charge is 2.05. The third kappa shape index (κ3) is 3.41. The van der Waals surface area contributed by atoms with Gasteiger partial charge in [-0.3, -0.25) is 4.68 Å². The van der Waals surface area contributed by atoms with Gasteiger partial charge in [-0.2, -0.15) is 5.10 Å². The van der Waals surface area contributed by atoms with Crippen LogP contribution in [0.3, 0.4) is 0 Å². The number of aromatic nitrogens is 2. The molecule has 0 fully saturated rings. The van der Waals surface area contributed by atoms with Crippen LogP contribution in [0.15, 0.2) is 54.7 Å². The lowest BCUT2D eigenvalue weighted by molar-refractivity contribution is 0.169. The lowest BCUT2D eigenvalue weighted by Gasteiger charge is -2.05. The molecule has 0 bridgehead atoms. The van der Waals surface area contributed by atoms with Crippen molar-refractivity contribution in [1.29, 1.82) is 0 Å². The van der Waals surface area contributed by atoms with Gasteiger partial charge >= 0.3 is 0 Å². The average Bonchev–Trinajstić information content (AvgIpc) is 2.86. The number of aliphatic hydroxyl groups excluding tert-OH is 1. The van der Waals surface area contributed by atoms with Crippen LogP contribution in [0.2, 0.25) is 0 Å². The molecule has 1 heterocycles. The second-order valence-electron chi connectivity index (χ2n) is 5.20. The van der Waals surface area contributed by atoms with Crippen LogP contribution in [0.25, 0.3) is 10.9 Å². The molecule has 0 spiro atoms. The van der Waals surface area contributed by atoms with Crippen molar-refractivity contribution in [1.82, 2.24) is 9.78 Å². The van der Waals surface area contributed by atoms with Crippen molar-refractivity contribution in [2.24, 2.45) is 0 Å². The maximum absolute atomic E-state index is 9.41. The van der Waals surface area contributed by atoms with E-state index in [-0.39, 0.29) is 0 Å². The van der Waals surface area contributed by atoms with Gasteiger partial charge in [0.2, 0.25) is 0 Å². The summed E-state index contributed by atoms with van der Waals surface area (Å²) in [5.41, 5.74) is 2.01. The van der Waals surface area contributed by atoms with Gasteiger partial charge in [0, 0.05) is 17.6 Å². The summed E-state index contributed by atoms with van der Waals surface area (Å²) < 4.78 is 7.55. The number of rotatable bonds is 5. The van der Waals surface area contributed by atoms with Crippen LogP contribution >= 0.6 is 0 Å². The van der Waals surface area contributed by atoms with E-state index >= 15 is 0 Å². The van der Waals surface area contributed by atoms with Gasteiger partial charge in [0.25, 0.3) is 0 Å². The minimum Gasteiger partial charge on any atom is -0.489 e. The van der Waals surface area contributed by atoms with E-state index in [4.69, 9.17) is 4.74 Å². The molecule has 4 nitrogen and oxygen atoms in total. The molecule has 3 aromatic rings. The minimum absolute atomic E-state index is 0.409. The Morgan fingerprint density at radius 1 is 1.19 bits per heavy atom. The SMILES string of the molecule is CC(O)Cn1cc2ccc(OCc3ccccc3)cc2n1. The van der Waals surface area contributed by atoms with Crippen LogP contribution in [0.5, 0.6) is 5.75 Å². The molecule has 0 aliphatic rings. The van der Waals surface area contributed by atoms with Crippen molar-refractivity contribution in [3.05, 3.63) is 60.3 Å². The normalized spacial score (nSPS) is 12.5. The maximum atomic E-state index is 9.41. The standard InChI is InChI=1S/C17H18N2O2/c1-13(20)10-19-11-15-7-8-16(9-17(15)18-19)21-12-14-5-3-2-4-6-14/h2-9,11,13,20H,10,12H2,1H3. The first-order valence-electron chi connectivity index (χ1n) is 7.03. The highest BCUT2D eigenvalue weighted by atomic mass is 16.5. The lowest BCUT2D eigenvalue weighted by Crippen LogP contribution is -2.11. The Kier molecular flexibility index (Phi) is 3.88. The quantitative estimate of drug-likeness (QED) is 0.782. The molecule has 21 heavy (non-hydrogen) atoms. The summed E-state index contributed by atoms with van der Waals surface area (Å²) >= 11 is 0. The Hall–Kier alpha value is -2.33. The summed E-state index contributed by atoms with van der Waals surface area (Å²) in [6.07, 6.45) is 1.52. The van der Waals surface area contributed by atoms with Gasteiger partial charge in [-0.05, 0) is 24.6 Å². The summed E-state index contributed by atoms with van der Waals surface area (Å²) in [5.74, 6) is 0.800. The van der Waals surface area contributed by atoms with E-state index in [2.05, 4.69) is 5.10 Å². The molecule has 108 valence electrons. The molecule has 0 aliphatic heterocycles. The van der Waals surface area contributed by atoms with Crippen LogP contribution in [-0.2, 0) is 13.2 Å². The van der Waals surface area contributed by atoms with Gasteiger partial charge in [0.05, 0.1) is 18.2 Å². The molecule has 1 atom stereocenters. The molecule has 1 aromatic heterocycles. The van der Waals surface area contributed by atoms with Crippen molar-refractivity contribution in [2.75, 3.05) is 0 Å². The van der Waals surface area contributed by atoms with Crippen LogP contribution in [-0.4, -0.2) is 21.0 Å². The van der Waals surface area contributed by atoms with Crippen molar-refractivity contribution in [3.63, 3.8) is 0 Å². The van der Waals surface area contributed by atoms with Crippen molar-refractivity contribution in [3.8, 4) is 5.75 Å². The number of fused-ring (bicyclic) bond motifs is 1. The second kappa shape index (κ2) is 5.97. The van der Waals surface area contributed by atoms with E-state index in [0.29, 0.717) is 13.2 Å². The van der Waals surface area contributed by atoms with Crippen molar-refractivity contribution < 1.29 is 9.84 Å². The maximum Gasteiger partial charge on any atom is 0.122 e. The Labute approximate surface area is 123 Å². The highest BCUT2D eigenvalue weighted by molar-refractivity contribution is 5.79. The summed E-state index contributed by atoms with van der Waals surface area (Å²) in [5, 5.41) is 14.9. The zero-order valence-corrected chi connectivity index (χ0v) is 11.9. The van der Waals surface area contributed by atoms with Gasteiger partial charge < -0.3 is 9.84 Å². The number of benzene rings is 2. The van der Waals surface area contributed by atoms with Crippen LogP contribution in [0.4, 0.5) is 0 Å². The van der Waals surface area contributed by atoms with Gasteiger partial charge in [0.15, 0.2) is 0 Å². The van der Waals surface area contributed by atoms with E-state index in [1.54, 1.807) is 11.6 Å². The molecule has 4 heteroatoms. The third-order valence-electron chi connectivity index (χ3n) is 3.23. The molecule has 0 amide bonds. The fourth-order valence-electron chi connectivity index (χ4n) is 2.24. The predicted molar refractivity (Wildman–Crippen MR) is 82.2 cm³/mol. The first kappa shape index (κ1) is 13.6. The van der Waals surface area contributed by atoms with Gasteiger partial charge in [-0.15, -0.1) is 0 Å². The van der Waals surface area contributed by atoms with Crippen LogP contribution < -0.4 is 4.74 Å². The van der Waals surface area contributed by atoms with E-state index in [1.165, 1.54) is 0 Å². The van der Waals surface area contributed by atoms with E-state index in [1.807, 2.05) is 54.7 Å². The van der Waals surface area contributed by atoms with Gasteiger partial charge in [-0.25, -0.2) is 0 Å². The molecule has 1 unspecified atom stereocenters. The highest BCUT2D eigenvalue weighted by Crippen LogP contribution is 2.20. The summed E-state index contributed by atoms with van der Waals surface area (Å²) in [6, 6.07) is 15.9. The molecule has 3 rings (SSSR count). The van der Waals surface area contributed by atoms with Crippen LogP contribution in [0.1, 0.15) is 12.5 Å². The molecule has 0 radical (unpaired) electrons. The predicted octanol–water partition coefficient (Wildman–Crippen LogP) is 3.00. The van der Waals surface area contributed by atoms with E-state index < -0.39 is 6.10 Å². The van der Waals surface area contributed by atoms with E-state index in [0.717, 1.165) is 22.2 Å². The van der Waals surface area contributed by atoms with Crippen molar-refractivity contribution >= 4 is 10.9 Å². The lowest BCUT2D eigenvalue weighted by atomic mass is 10.2. The minimum atomic E-state index is -0.409. The fourth-order valence-corrected chi connectivity index (χ4v) is 2.24. The average molecular weight is 282 g/mol. The zero-order chi connectivity index (χ0) is 14.7. The largest absolute Gasteiger partial charge is 0.489 e.